The highest BCUT2D eigenvalue weighted by Crippen LogP contribution is 2.28. The molecule has 6 heteroatoms. The minimum Gasteiger partial charge on any atom is -0.308 e. The van der Waals surface area contributed by atoms with Gasteiger partial charge in [0.25, 0.3) is 11.5 Å². The Morgan fingerprint density at radius 3 is 3.00 bits per heavy atom. The van der Waals surface area contributed by atoms with Gasteiger partial charge in [0.15, 0.2) is 4.96 Å². The number of aryl methyl sites for hydroxylation is 1. The van der Waals surface area contributed by atoms with Crippen LogP contribution in [0.3, 0.4) is 0 Å². The van der Waals surface area contributed by atoms with Crippen molar-refractivity contribution in [2.45, 2.75) is 13.3 Å². The van der Waals surface area contributed by atoms with Gasteiger partial charge >= 0.3 is 0 Å². The van der Waals surface area contributed by atoms with E-state index in [-0.39, 0.29) is 17.0 Å². The molecule has 0 aliphatic carbocycles. The molecule has 0 spiro atoms. The van der Waals surface area contributed by atoms with Crippen molar-refractivity contribution in [1.29, 1.82) is 0 Å². The molecule has 4 rings (SSSR count). The molecular weight excluding hydrogens is 298 g/mol. The van der Waals surface area contributed by atoms with Gasteiger partial charge in [-0.1, -0.05) is 18.2 Å². The van der Waals surface area contributed by atoms with Crippen LogP contribution in [0.15, 0.2) is 41.5 Å². The number of carbonyl (C=O) groups excluding carboxylic acids is 1. The van der Waals surface area contributed by atoms with Crippen molar-refractivity contribution >= 4 is 27.9 Å². The fourth-order valence-electron chi connectivity index (χ4n) is 2.84. The molecule has 1 aromatic carbocycles. The maximum atomic E-state index is 12.8. The van der Waals surface area contributed by atoms with Crippen molar-refractivity contribution in [3.05, 3.63) is 63.0 Å². The molecule has 5 nitrogen and oxygen atoms in total. The standard InChI is InChI=1S/C16H13N3O2S/c1-10-9-19-15(21)12(8-17-16(19)22-10)14(20)18-7-6-11-4-2-3-5-13(11)18/h2-5,8-9H,6-7H2,1H3. The molecular formula is C16H13N3O2S. The lowest BCUT2D eigenvalue weighted by atomic mass is 10.2. The van der Waals surface area contributed by atoms with Crippen LogP contribution in [0.5, 0.6) is 0 Å². The van der Waals surface area contributed by atoms with Crippen molar-refractivity contribution in [2.75, 3.05) is 11.4 Å². The molecule has 0 saturated carbocycles. The number of amides is 1. The van der Waals surface area contributed by atoms with Gasteiger partial charge in [-0.2, -0.15) is 0 Å². The van der Waals surface area contributed by atoms with Gasteiger partial charge in [-0.05, 0) is 25.0 Å². The van der Waals surface area contributed by atoms with Gasteiger partial charge in [-0.25, -0.2) is 4.98 Å². The molecule has 22 heavy (non-hydrogen) atoms. The summed E-state index contributed by atoms with van der Waals surface area (Å²) in [6.45, 7) is 2.51. The van der Waals surface area contributed by atoms with E-state index in [0.29, 0.717) is 11.5 Å². The Hall–Kier alpha value is -2.47. The number of hydrogen-bond donors (Lipinski definition) is 0. The van der Waals surface area contributed by atoms with Crippen LogP contribution in [-0.4, -0.2) is 21.8 Å². The first-order valence-electron chi connectivity index (χ1n) is 7.03. The Morgan fingerprint density at radius 1 is 1.32 bits per heavy atom. The summed E-state index contributed by atoms with van der Waals surface area (Å²) in [6, 6.07) is 7.79. The van der Waals surface area contributed by atoms with Crippen molar-refractivity contribution in [3.63, 3.8) is 0 Å². The summed E-state index contributed by atoms with van der Waals surface area (Å²) >= 11 is 1.43. The molecule has 0 radical (unpaired) electrons. The molecule has 3 heterocycles. The van der Waals surface area contributed by atoms with E-state index in [0.717, 1.165) is 22.5 Å². The van der Waals surface area contributed by atoms with E-state index in [1.54, 1.807) is 11.1 Å². The quantitative estimate of drug-likeness (QED) is 0.693. The zero-order valence-electron chi connectivity index (χ0n) is 11.9. The number of fused-ring (bicyclic) bond motifs is 2. The minimum absolute atomic E-state index is 0.118. The Balaban J connectivity index is 1.81. The number of nitrogens with zero attached hydrogens (tertiary/aromatic N) is 3. The molecule has 1 amide bonds. The normalized spacial score (nSPS) is 13.6. The summed E-state index contributed by atoms with van der Waals surface area (Å²) in [5, 5.41) is 0. The van der Waals surface area contributed by atoms with Gasteiger partial charge < -0.3 is 4.90 Å². The SMILES string of the molecule is Cc1cn2c(=O)c(C(=O)N3CCc4ccccc43)cnc2s1. The first kappa shape index (κ1) is 13.2. The maximum Gasteiger partial charge on any atom is 0.271 e. The minimum atomic E-state index is -0.302. The van der Waals surface area contributed by atoms with E-state index in [1.165, 1.54) is 21.9 Å². The van der Waals surface area contributed by atoms with E-state index >= 15 is 0 Å². The third-order valence-corrected chi connectivity index (χ3v) is 4.80. The highest BCUT2D eigenvalue weighted by atomic mass is 32.1. The summed E-state index contributed by atoms with van der Waals surface area (Å²) in [5.41, 5.74) is 1.84. The predicted octanol–water partition coefficient (Wildman–Crippen LogP) is 2.27. The molecule has 0 unspecified atom stereocenters. The van der Waals surface area contributed by atoms with Crippen molar-refractivity contribution < 1.29 is 4.79 Å². The first-order chi connectivity index (χ1) is 10.6. The second-order valence-electron chi connectivity index (χ2n) is 5.31. The average molecular weight is 311 g/mol. The molecule has 0 fully saturated rings. The Labute approximate surface area is 130 Å². The average Bonchev–Trinajstić information content (AvgIpc) is 3.10. The fraction of sp³-hybridized carbons (Fsp3) is 0.188. The summed E-state index contributed by atoms with van der Waals surface area (Å²) in [4.78, 5) is 32.8. The second-order valence-corrected chi connectivity index (χ2v) is 6.52. The van der Waals surface area contributed by atoms with Gasteiger partial charge in [0.2, 0.25) is 0 Å². The number of rotatable bonds is 1. The summed E-state index contributed by atoms with van der Waals surface area (Å²) in [6.07, 6.45) is 3.94. The van der Waals surface area contributed by atoms with Gasteiger partial charge in [-0.15, -0.1) is 11.3 Å². The zero-order valence-corrected chi connectivity index (χ0v) is 12.8. The van der Waals surface area contributed by atoms with E-state index in [1.807, 2.05) is 31.2 Å². The molecule has 0 N–H and O–H groups in total. The lowest BCUT2D eigenvalue weighted by Gasteiger charge is -2.16. The molecule has 1 aliphatic rings. The monoisotopic (exact) mass is 311 g/mol. The van der Waals surface area contributed by atoms with Crippen LogP contribution in [0.4, 0.5) is 5.69 Å². The van der Waals surface area contributed by atoms with E-state index in [9.17, 15) is 9.59 Å². The van der Waals surface area contributed by atoms with E-state index in [4.69, 9.17) is 0 Å². The zero-order chi connectivity index (χ0) is 15.3. The number of para-hydroxylation sites is 1. The van der Waals surface area contributed by atoms with Gasteiger partial charge in [0, 0.05) is 29.5 Å². The van der Waals surface area contributed by atoms with Crippen molar-refractivity contribution in [2.24, 2.45) is 0 Å². The number of carbonyl (C=O) groups is 1. The smallest absolute Gasteiger partial charge is 0.271 e. The van der Waals surface area contributed by atoms with Crippen molar-refractivity contribution in [3.8, 4) is 0 Å². The van der Waals surface area contributed by atoms with Gasteiger partial charge in [0.1, 0.15) is 5.56 Å². The Kier molecular flexibility index (Phi) is 2.87. The number of thiazole rings is 1. The number of anilines is 1. The van der Waals surface area contributed by atoms with E-state index in [2.05, 4.69) is 4.98 Å². The van der Waals surface area contributed by atoms with Crippen molar-refractivity contribution in [1.82, 2.24) is 9.38 Å². The van der Waals surface area contributed by atoms with E-state index < -0.39 is 0 Å². The Bertz CT molecular complexity index is 957. The summed E-state index contributed by atoms with van der Waals surface area (Å²) in [7, 11) is 0. The summed E-state index contributed by atoms with van der Waals surface area (Å²) < 4.78 is 1.45. The van der Waals surface area contributed by atoms with Gasteiger partial charge in [-0.3, -0.25) is 14.0 Å². The molecule has 0 atom stereocenters. The third-order valence-electron chi connectivity index (χ3n) is 3.89. The van der Waals surface area contributed by atoms with Crippen LogP contribution in [-0.2, 0) is 6.42 Å². The van der Waals surface area contributed by atoms with Crippen LogP contribution in [0.1, 0.15) is 20.8 Å². The van der Waals surface area contributed by atoms with Crippen LogP contribution in [0.2, 0.25) is 0 Å². The maximum absolute atomic E-state index is 12.8. The van der Waals surface area contributed by atoms with Crippen LogP contribution >= 0.6 is 11.3 Å². The molecule has 0 saturated heterocycles. The topological polar surface area (TPSA) is 54.7 Å². The molecule has 1 aliphatic heterocycles. The lowest BCUT2D eigenvalue weighted by Crippen LogP contribution is -2.34. The molecule has 3 aromatic rings. The fourth-order valence-corrected chi connectivity index (χ4v) is 3.62. The van der Waals surface area contributed by atoms with Gasteiger partial charge in [0.05, 0.1) is 0 Å². The third kappa shape index (κ3) is 1.88. The largest absolute Gasteiger partial charge is 0.308 e. The van der Waals surface area contributed by atoms with Crippen LogP contribution < -0.4 is 10.5 Å². The predicted molar refractivity (Wildman–Crippen MR) is 85.9 cm³/mol. The highest BCUT2D eigenvalue weighted by molar-refractivity contribution is 7.16. The highest BCUT2D eigenvalue weighted by Gasteiger charge is 2.27. The Morgan fingerprint density at radius 2 is 2.14 bits per heavy atom. The molecule has 110 valence electrons. The summed E-state index contributed by atoms with van der Waals surface area (Å²) in [5.74, 6) is -0.277. The number of aromatic nitrogens is 2. The lowest BCUT2D eigenvalue weighted by molar-refractivity contribution is 0.0987. The molecule has 0 bridgehead atoms. The van der Waals surface area contributed by atoms with Crippen LogP contribution in [0.25, 0.3) is 4.96 Å². The number of benzene rings is 1. The molecule has 2 aromatic heterocycles. The van der Waals surface area contributed by atoms with Crippen LogP contribution in [0, 0.1) is 6.92 Å². The first-order valence-corrected chi connectivity index (χ1v) is 7.84. The number of hydrogen-bond acceptors (Lipinski definition) is 4. The second kappa shape index (κ2) is 4.78.